The maximum atomic E-state index is 12.4. The number of benzene rings is 1. The van der Waals surface area contributed by atoms with Crippen LogP contribution in [0.15, 0.2) is 30.3 Å². The molecule has 0 unspecified atom stereocenters. The second-order valence-electron chi connectivity index (χ2n) is 5.86. The van der Waals surface area contributed by atoms with Crippen LogP contribution in [0.1, 0.15) is 44.0 Å². The van der Waals surface area contributed by atoms with Gasteiger partial charge in [-0.2, -0.15) is 0 Å². The van der Waals surface area contributed by atoms with Crippen molar-refractivity contribution in [3.63, 3.8) is 0 Å². The van der Waals surface area contributed by atoms with Gasteiger partial charge in [-0.25, -0.2) is 4.79 Å². The molecule has 1 atom stereocenters. The number of Topliss-reactive ketones (excluding diaryl/α,β-unsaturated/α-hetero) is 1. The van der Waals surface area contributed by atoms with E-state index in [0.717, 1.165) is 0 Å². The number of hydrogen-bond donors (Lipinski definition) is 2. The molecular formula is C16H24N2O3. The van der Waals surface area contributed by atoms with Crippen LogP contribution in [-0.2, 0) is 4.74 Å². The van der Waals surface area contributed by atoms with Gasteiger partial charge in [0.05, 0.1) is 6.04 Å². The molecule has 0 heterocycles. The molecule has 21 heavy (non-hydrogen) atoms. The van der Waals surface area contributed by atoms with Gasteiger partial charge in [0.15, 0.2) is 5.78 Å². The van der Waals surface area contributed by atoms with Crippen molar-refractivity contribution >= 4 is 11.9 Å². The van der Waals surface area contributed by atoms with Crippen LogP contribution in [0.25, 0.3) is 0 Å². The lowest BCUT2D eigenvalue weighted by Gasteiger charge is -2.23. The fourth-order valence-corrected chi connectivity index (χ4v) is 1.84. The highest BCUT2D eigenvalue weighted by atomic mass is 16.6. The normalized spacial score (nSPS) is 12.6. The molecule has 0 spiro atoms. The Kier molecular flexibility index (Phi) is 6.37. The van der Waals surface area contributed by atoms with Gasteiger partial charge in [0.25, 0.3) is 0 Å². The van der Waals surface area contributed by atoms with E-state index < -0.39 is 17.7 Å². The zero-order chi connectivity index (χ0) is 15.9. The lowest BCUT2D eigenvalue weighted by molar-refractivity contribution is 0.0488. The van der Waals surface area contributed by atoms with E-state index >= 15 is 0 Å². The van der Waals surface area contributed by atoms with Crippen LogP contribution in [0.4, 0.5) is 4.79 Å². The van der Waals surface area contributed by atoms with Crippen molar-refractivity contribution in [1.82, 2.24) is 5.32 Å². The summed E-state index contributed by atoms with van der Waals surface area (Å²) in [6, 6.07) is 8.27. The number of rotatable bonds is 6. The molecule has 1 aromatic rings. The second kappa shape index (κ2) is 7.78. The highest BCUT2D eigenvalue weighted by molar-refractivity contribution is 6.01. The number of hydrogen-bond acceptors (Lipinski definition) is 4. The van der Waals surface area contributed by atoms with Crippen LogP contribution in [-0.4, -0.2) is 30.1 Å². The Morgan fingerprint density at radius 3 is 2.38 bits per heavy atom. The summed E-state index contributed by atoms with van der Waals surface area (Å²) in [4.78, 5) is 24.3. The molecule has 0 aliphatic heterocycles. The highest BCUT2D eigenvalue weighted by Crippen LogP contribution is 2.11. The smallest absolute Gasteiger partial charge is 0.408 e. The minimum Gasteiger partial charge on any atom is -0.444 e. The number of nitrogens with two attached hydrogens (primary N) is 1. The van der Waals surface area contributed by atoms with Gasteiger partial charge in [-0.05, 0) is 40.2 Å². The summed E-state index contributed by atoms with van der Waals surface area (Å²) in [5, 5.41) is 2.64. The quantitative estimate of drug-likeness (QED) is 0.789. The molecule has 0 aliphatic carbocycles. The van der Waals surface area contributed by atoms with E-state index in [4.69, 9.17) is 10.5 Å². The summed E-state index contributed by atoms with van der Waals surface area (Å²) in [5.74, 6) is -0.130. The zero-order valence-corrected chi connectivity index (χ0v) is 12.9. The SMILES string of the molecule is CC(C)(C)OC(=O)N[C@@H](CCCN)C(=O)c1ccccc1. The van der Waals surface area contributed by atoms with Crippen molar-refractivity contribution in [2.45, 2.75) is 45.3 Å². The molecule has 0 saturated carbocycles. The molecule has 0 saturated heterocycles. The van der Waals surface area contributed by atoms with Gasteiger partial charge >= 0.3 is 6.09 Å². The summed E-state index contributed by atoms with van der Waals surface area (Å²) >= 11 is 0. The summed E-state index contributed by atoms with van der Waals surface area (Å²) in [5.41, 5.74) is 5.46. The third-order valence-electron chi connectivity index (χ3n) is 2.76. The minimum absolute atomic E-state index is 0.130. The third-order valence-corrected chi connectivity index (χ3v) is 2.76. The van der Waals surface area contributed by atoms with Gasteiger partial charge in [-0.3, -0.25) is 4.79 Å². The van der Waals surface area contributed by atoms with E-state index in [1.807, 2.05) is 6.07 Å². The standard InChI is InChI=1S/C16H24N2O3/c1-16(2,3)21-15(20)18-13(10-7-11-17)14(19)12-8-5-4-6-9-12/h4-6,8-9,13H,7,10-11,17H2,1-3H3,(H,18,20)/t13-/m0/s1. The van der Waals surface area contributed by atoms with Crippen molar-refractivity contribution in [1.29, 1.82) is 0 Å². The van der Waals surface area contributed by atoms with Gasteiger partial charge in [0.2, 0.25) is 0 Å². The topological polar surface area (TPSA) is 81.4 Å². The molecule has 0 aromatic heterocycles. The molecule has 1 aromatic carbocycles. The third kappa shape index (κ3) is 6.40. The maximum absolute atomic E-state index is 12.4. The van der Waals surface area contributed by atoms with E-state index in [0.29, 0.717) is 24.9 Å². The molecule has 0 aliphatic rings. The Morgan fingerprint density at radius 2 is 1.86 bits per heavy atom. The fraction of sp³-hybridized carbons (Fsp3) is 0.500. The lowest BCUT2D eigenvalue weighted by Crippen LogP contribution is -2.43. The predicted molar refractivity (Wildman–Crippen MR) is 82.2 cm³/mol. The predicted octanol–water partition coefficient (Wildman–Crippen LogP) is 2.50. The van der Waals surface area contributed by atoms with Crippen LogP contribution in [0, 0.1) is 0 Å². The largest absolute Gasteiger partial charge is 0.444 e. The molecule has 5 nitrogen and oxygen atoms in total. The summed E-state index contributed by atoms with van der Waals surface area (Å²) in [6.45, 7) is 5.80. The van der Waals surface area contributed by atoms with Crippen LogP contribution >= 0.6 is 0 Å². The summed E-state index contributed by atoms with van der Waals surface area (Å²) in [6.07, 6.45) is 0.552. The highest BCUT2D eigenvalue weighted by Gasteiger charge is 2.24. The molecular weight excluding hydrogens is 268 g/mol. The Labute approximate surface area is 125 Å². The van der Waals surface area contributed by atoms with Gasteiger partial charge in [0.1, 0.15) is 5.60 Å². The second-order valence-corrected chi connectivity index (χ2v) is 5.86. The summed E-state index contributed by atoms with van der Waals surface area (Å²) in [7, 11) is 0. The van der Waals surface area contributed by atoms with Crippen LogP contribution in [0.2, 0.25) is 0 Å². The monoisotopic (exact) mass is 292 g/mol. The van der Waals surface area contributed by atoms with Gasteiger partial charge in [-0.1, -0.05) is 30.3 Å². The van der Waals surface area contributed by atoms with Crippen molar-refractivity contribution in [2.75, 3.05) is 6.54 Å². The van der Waals surface area contributed by atoms with E-state index in [9.17, 15) is 9.59 Å². The Bertz CT molecular complexity index is 466. The molecule has 0 fully saturated rings. The lowest BCUT2D eigenvalue weighted by atomic mass is 10.0. The zero-order valence-electron chi connectivity index (χ0n) is 12.9. The van der Waals surface area contributed by atoms with Crippen molar-refractivity contribution in [2.24, 2.45) is 5.73 Å². The fourth-order valence-electron chi connectivity index (χ4n) is 1.84. The van der Waals surface area contributed by atoms with Crippen molar-refractivity contribution < 1.29 is 14.3 Å². The van der Waals surface area contributed by atoms with E-state index in [1.165, 1.54) is 0 Å². The molecule has 5 heteroatoms. The van der Waals surface area contributed by atoms with Crippen molar-refractivity contribution in [3.05, 3.63) is 35.9 Å². The maximum Gasteiger partial charge on any atom is 0.408 e. The molecule has 0 bridgehead atoms. The molecule has 116 valence electrons. The van der Waals surface area contributed by atoms with Crippen LogP contribution in [0.3, 0.4) is 0 Å². The Balaban J connectivity index is 2.76. The molecule has 1 rings (SSSR count). The van der Waals surface area contributed by atoms with Crippen LogP contribution < -0.4 is 11.1 Å². The van der Waals surface area contributed by atoms with Gasteiger partial charge in [-0.15, -0.1) is 0 Å². The number of amides is 1. The van der Waals surface area contributed by atoms with Crippen LogP contribution in [0.5, 0.6) is 0 Å². The number of ketones is 1. The first-order chi connectivity index (χ1) is 9.83. The number of carbonyl (C=O) groups is 2. The van der Waals surface area contributed by atoms with Crippen molar-refractivity contribution in [3.8, 4) is 0 Å². The minimum atomic E-state index is -0.620. The average Bonchev–Trinajstić information content (AvgIpc) is 2.41. The average molecular weight is 292 g/mol. The number of alkyl carbamates (subject to hydrolysis) is 1. The van der Waals surface area contributed by atoms with Gasteiger partial charge in [0, 0.05) is 5.56 Å². The van der Waals surface area contributed by atoms with E-state index in [1.54, 1.807) is 45.0 Å². The molecule has 0 radical (unpaired) electrons. The Hall–Kier alpha value is -1.88. The molecule has 1 amide bonds. The summed E-state index contributed by atoms with van der Waals surface area (Å²) < 4.78 is 5.20. The van der Waals surface area contributed by atoms with E-state index in [-0.39, 0.29) is 5.78 Å². The first-order valence-corrected chi connectivity index (χ1v) is 7.12. The first kappa shape index (κ1) is 17.2. The number of nitrogens with one attached hydrogen (secondary N) is 1. The van der Waals surface area contributed by atoms with E-state index in [2.05, 4.69) is 5.32 Å². The number of carbonyl (C=O) groups excluding carboxylic acids is 2. The van der Waals surface area contributed by atoms with Gasteiger partial charge < -0.3 is 15.8 Å². The molecule has 3 N–H and O–H groups in total. The first-order valence-electron chi connectivity index (χ1n) is 7.12. The Morgan fingerprint density at radius 1 is 1.24 bits per heavy atom. The number of ether oxygens (including phenoxy) is 1.